The third-order valence-corrected chi connectivity index (χ3v) is 7.77. The first-order valence-electron chi connectivity index (χ1n) is 15.2. The van der Waals surface area contributed by atoms with Crippen molar-refractivity contribution in [3.8, 4) is 11.1 Å². The zero-order chi connectivity index (χ0) is 32.8. The van der Waals surface area contributed by atoms with Gasteiger partial charge in [0.2, 0.25) is 0 Å². The van der Waals surface area contributed by atoms with Gasteiger partial charge in [0.15, 0.2) is 0 Å². The number of aryl methyl sites for hydroxylation is 1. The van der Waals surface area contributed by atoms with Crippen molar-refractivity contribution in [3.05, 3.63) is 94.8 Å². The molecule has 0 spiro atoms. The van der Waals surface area contributed by atoms with Crippen molar-refractivity contribution in [2.75, 3.05) is 33.8 Å². The van der Waals surface area contributed by atoms with Gasteiger partial charge in [0.05, 0.1) is 19.1 Å². The highest BCUT2D eigenvalue weighted by Gasteiger charge is 2.32. The molecule has 0 aliphatic rings. The Morgan fingerprint density at radius 2 is 1.67 bits per heavy atom. The predicted molar refractivity (Wildman–Crippen MR) is 171 cm³/mol. The molecule has 45 heavy (non-hydrogen) atoms. The Hall–Kier alpha value is -4.28. The number of carbonyl (C=O) groups excluding carboxylic acids is 2. The van der Waals surface area contributed by atoms with Gasteiger partial charge in [-0.1, -0.05) is 54.1 Å². The maximum absolute atomic E-state index is 15.4. The fourth-order valence-electron chi connectivity index (χ4n) is 5.33. The quantitative estimate of drug-likeness (QED) is 0.144. The number of unbranched alkanes of at least 4 members (excludes halogenated alkanes) is 1. The van der Waals surface area contributed by atoms with Crippen molar-refractivity contribution in [2.45, 2.75) is 57.6 Å². The van der Waals surface area contributed by atoms with Gasteiger partial charge in [0.25, 0.3) is 5.91 Å². The number of nitrogens with zero attached hydrogens (tertiary/aromatic N) is 1. The second-order valence-corrected chi connectivity index (χ2v) is 11.3. The van der Waals surface area contributed by atoms with Crippen LogP contribution in [0.15, 0.2) is 66.7 Å². The van der Waals surface area contributed by atoms with Gasteiger partial charge in [-0.15, -0.1) is 0 Å². The van der Waals surface area contributed by atoms with E-state index in [4.69, 9.17) is 5.11 Å². The van der Waals surface area contributed by atoms with E-state index in [-0.39, 0.29) is 18.7 Å². The maximum Gasteiger partial charge on any atom is 0.406 e. The monoisotopic (exact) mass is 621 g/mol. The zero-order valence-corrected chi connectivity index (χ0v) is 26.3. The fourth-order valence-corrected chi connectivity index (χ4v) is 5.33. The molecular weight excluding hydrogens is 577 g/mol. The molecule has 0 saturated heterocycles. The van der Waals surface area contributed by atoms with Gasteiger partial charge < -0.3 is 30.5 Å². The van der Waals surface area contributed by atoms with Crippen molar-refractivity contribution in [1.29, 1.82) is 0 Å². The number of rotatable bonds is 17. The molecule has 242 valence electrons. The number of methoxy groups -OCH3 is 1. The van der Waals surface area contributed by atoms with Gasteiger partial charge in [-0.3, -0.25) is 9.59 Å². The third-order valence-electron chi connectivity index (χ3n) is 7.77. The average molecular weight is 622 g/mol. The molecule has 0 aliphatic heterocycles. The predicted octanol–water partition coefficient (Wildman–Crippen LogP) is 5.63. The number of carboxylic acids is 1. The van der Waals surface area contributed by atoms with Crippen LogP contribution >= 0.6 is 0 Å². The molecule has 1 unspecified atom stereocenters. The lowest BCUT2D eigenvalue weighted by Crippen LogP contribution is -2.31. The summed E-state index contributed by atoms with van der Waals surface area (Å²) in [5.74, 6) is -1.40. The molecule has 0 fully saturated rings. The number of benzene rings is 3. The molecule has 3 aromatic carbocycles. The smallest absolute Gasteiger partial charge is 0.406 e. The molecule has 4 N–H and O–H groups in total. The molecule has 0 radical (unpaired) electrons. The Morgan fingerprint density at radius 1 is 0.956 bits per heavy atom. The van der Waals surface area contributed by atoms with Gasteiger partial charge in [-0.25, -0.2) is 9.18 Å². The van der Waals surface area contributed by atoms with Crippen LogP contribution in [0.1, 0.15) is 65.6 Å². The Labute approximate surface area is 264 Å². The lowest BCUT2D eigenvalue weighted by molar-refractivity contribution is -0.136. The van der Waals surface area contributed by atoms with Crippen LogP contribution < -0.4 is 10.6 Å². The molecule has 3 rings (SSSR count). The summed E-state index contributed by atoms with van der Waals surface area (Å²) in [4.78, 5) is 36.9. The summed E-state index contributed by atoms with van der Waals surface area (Å²) >= 11 is 0. The van der Waals surface area contributed by atoms with Gasteiger partial charge in [-0.2, -0.15) is 0 Å². The molecule has 1 atom stereocenters. The fraction of sp³-hybridized carbons (Fsp3) is 0.400. The number of aliphatic carboxylic acids is 1. The maximum atomic E-state index is 15.4. The van der Waals surface area contributed by atoms with E-state index in [1.54, 1.807) is 36.2 Å². The van der Waals surface area contributed by atoms with Crippen LogP contribution in [-0.2, 0) is 21.7 Å². The Morgan fingerprint density at radius 3 is 2.36 bits per heavy atom. The van der Waals surface area contributed by atoms with Crippen LogP contribution in [0.4, 0.5) is 9.18 Å². The standard InChI is InChI=1S/C35H44FN3O6/c1-25-9-6-10-28(23-25)32-29(11-7-12-30(32)36)35(44,19-8-20-38-34(43)45-3)18-4-5-22-39(2)33(42)27-15-13-26(14-16-27)24-37-21-17-31(40)41/h6-7,9-16,23,37,44H,4-5,8,17-22,24H2,1-3H3,(H,38,43)(H,40,41). The molecule has 10 heteroatoms. The van der Waals surface area contributed by atoms with Crippen molar-refractivity contribution in [2.24, 2.45) is 0 Å². The first-order chi connectivity index (χ1) is 21.5. The minimum atomic E-state index is -1.38. The molecule has 0 saturated carbocycles. The minimum absolute atomic E-state index is 0.0431. The van der Waals surface area contributed by atoms with Gasteiger partial charge >= 0.3 is 12.1 Å². The molecule has 0 heterocycles. The van der Waals surface area contributed by atoms with E-state index >= 15 is 4.39 Å². The number of nitrogens with one attached hydrogen (secondary N) is 2. The van der Waals surface area contributed by atoms with Crippen molar-refractivity contribution in [1.82, 2.24) is 15.5 Å². The SMILES string of the molecule is COC(=O)NCCCC(O)(CCCCN(C)C(=O)c1ccc(CNCCC(=O)O)cc1)c1cccc(F)c1-c1cccc(C)c1. The van der Waals surface area contributed by atoms with Crippen molar-refractivity contribution < 1.29 is 33.7 Å². The summed E-state index contributed by atoms with van der Waals surface area (Å²) < 4.78 is 20.0. The highest BCUT2D eigenvalue weighted by Crippen LogP contribution is 2.40. The Balaban J connectivity index is 1.66. The summed E-state index contributed by atoms with van der Waals surface area (Å²) in [6, 6.07) is 19.5. The molecule has 0 aliphatic carbocycles. The number of halogens is 1. The van der Waals surface area contributed by atoms with E-state index in [0.717, 1.165) is 11.1 Å². The minimum Gasteiger partial charge on any atom is -0.481 e. The van der Waals surface area contributed by atoms with Gasteiger partial charge in [-0.05, 0) is 73.9 Å². The molecule has 0 aromatic heterocycles. The number of ether oxygens (including phenoxy) is 1. The lowest BCUT2D eigenvalue weighted by atomic mass is 9.80. The van der Waals surface area contributed by atoms with E-state index < -0.39 is 23.5 Å². The highest BCUT2D eigenvalue weighted by atomic mass is 19.1. The van der Waals surface area contributed by atoms with Crippen LogP contribution in [0.25, 0.3) is 11.1 Å². The molecule has 2 amide bonds. The molecule has 0 bridgehead atoms. The van der Waals surface area contributed by atoms with Crippen LogP contribution in [0, 0.1) is 12.7 Å². The van der Waals surface area contributed by atoms with E-state index in [1.807, 2.05) is 43.3 Å². The van der Waals surface area contributed by atoms with E-state index in [9.17, 15) is 19.5 Å². The first kappa shape index (κ1) is 35.2. The van der Waals surface area contributed by atoms with Crippen LogP contribution in [0.5, 0.6) is 0 Å². The van der Waals surface area contributed by atoms with Gasteiger partial charge in [0.1, 0.15) is 5.82 Å². The van der Waals surface area contributed by atoms with E-state index in [1.165, 1.54) is 13.2 Å². The number of amides is 2. The van der Waals surface area contributed by atoms with Crippen LogP contribution in [0.2, 0.25) is 0 Å². The second-order valence-electron chi connectivity index (χ2n) is 11.3. The van der Waals surface area contributed by atoms with Crippen molar-refractivity contribution in [3.63, 3.8) is 0 Å². The Kier molecular flexibility index (Phi) is 13.5. The highest BCUT2D eigenvalue weighted by molar-refractivity contribution is 5.94. The number of hydrogen-bond acceptors (Lipinski definition) is 6. The number of carbonyl (C=O) groups is 3. The number of carboxylic acid groups (broad SMARTS) is 1. The normalized spacial score (nSPS) is 12.3. The molecule has 9 nitrogen and oxygen atoms in total. The summed E-state index contributed by atoms with van der Waals surface area (Å²) in [5.41, 5.74) is 2.62. The summed E-state index contributed by atoms with van der Waals surface area (Å²) in [5, 5.41) is 26.5. The number of alkyl carbamates (subject to hydrolysis) is 1. The summed E-state index contributed by atoms with van der Waals surface area (Å²) in [7, 11) is 3.02. The molecule has 3 aromatic rings. The van der Waals surface area contributed by atoms with Crippen LogP contribution in [-0.4, -0.2) is 66.9 Å². The second kappa shape index (κ2) is 17.3. The number of aliphatic hydroxyl groups is 1. The summed E-state index contributed by atoms with van der Waals surface area (Å²) in [6.45, 7) is 3.56. The van der Waals surface area contributed by atoms with Crippen LogP contribution in [0.3, 0.4) is 0 Å². The number of hydrogen-bond donors (Lipinski definition) is 4. The van der Waals surface area contributed by atoms with E-state index in [2.05, 4.69) is 15.4 Å². The lowest BCUT2D eigenvalue weighted by Gasteiger charge is -2.32. The third kappa shape index (κ3) is 10.7. The topological polar surface area (TPSA) is 128 Å². The zero-order valence-electron chi connectivity index (χ0n) is 26.3. The van der Waals surface area contributed by atoms with E-state index in [0.29, 0.717) is 74.1 Å². The van der Waals surface area contributed by atoms with Gasteiger partial charge in [0, 0.05) is 44.4 Å². The largest absolute Gasteiger partial charge is 0.481 e. The average Bonchev–Trinajstić information content (AvgIpc) is 3.03. The first-order valence-corrected chi connectivity index (χ1v) is 15.2. The Bertz CT molecular complexity index is 1430. The summed E-state index contributed by atoms with van der Waals surface area (Å²) in [6.07, 6.45) is 1.74. The molecular formula is C35H44FN3O6. The van der Waals surface area contributed by atoms with Crippen molar-refractivity contribution >= 4 is 18.0 Å².